The molecule has 24 heavy (non-hydrogen) atoms. The molecule has 0 aliphatic heterocycles. The third-order valence-electron chi connectivity index (χ3n) is 3.93. The van der Waals surface area contributed by atoms with E-state index in [1.54, 1.807) is 12.2 Å². The van der Waals surface area contributed by atoms with E-state index < -0.39 is 0 Å². The molecule has 1 aromatic rings. The molecular weight excluding hydrogens is 300 g/mol. The first kappa shape index (κ1) is 20.2. The van der Waals surface area contributed by atoms with E-state index in [1.807, 2.05) is 31.2 Å². The Morgan fingerprint density at radius 2 is 1.54 bits per heavy atom. The first-order chi connectivity index (χ1) is 11.6. The molecular formula is C21H30O3. The summed E-state index contributed by atoms with van der Waals surface area (Å²) in [4.78, 5) is 0. The maximum absolute atomic E-state index is 6.02. The lowest BCUT2D eigenvalue weighted by molar-refractivity contribution is -0.0366. The van der Waals surface area contributed by atoms with E-state index in [9.17, 15) is 0 Å². The van der Waals surface area contributed by atoms with Crippen LogP contribution in [0.5, 0.6) is 5.75 Å². The van der Waals surface area contributed by atoms with Crippen molar-refractivity contribution in [3.8, 4) is 5.75 Å². The van der Waals surface area contributed by atoms with Crippen molar-refractivity contribution >= 4 is 5.57 Å². The molecule has 0 spiro atoms. The Morgan fingerprint density at radius 1 is 1.00 bits per heavy atom. The van der Waals surface area contributed by atoms with Gasteiger partial charge in [0.1, 0.15) is 5.75 Å². The third kappa shape index (κ3) is 6.73. The molecule has 0 radical (unpaired) electrons. The summed E-state index contributed by atoms with van der Waals surface area (Å²) in [6.45, 7) is 18.2. The van der Waals surface area contributed by atoms with Crippen LogP contribution < -0.4 is 4.74 Å². The number of ether oxygens (including phenoxy) is 3. The van der Waals surface area contributed by atoms with Crippen molar-refractivity contribution in [2.45, 2.75) is 20.3 Å². The maximum Gasteiger partial charge on any atom is 0.119 e. The summed E-state index contributed by atoms with van der Waals surface area (Å²) in [7, 11) is 0. The Morgan fingerprint density at radius 3 is 1.96 bits per heavy atom. The van der Waals surface area contributed by atoms with Gasteiger partial charge in [-0.05, 0) is 31.0 Å². The summed E-state index contributed by atoms with van der Waals surface area (Å²) >= 11 is 0. The van der Waals surface area contributed by atoms with Gasteiger partial charge in [0.2, 0.25) is 0 Å². The van der Waals surface area contributed by atoms with E-state index in [2.05, 4.69) is 26.7 Å². The zero-order chi connectivity index (χ0) is 17.8. The Bertz CT molecular complexity index is 502. The fourth-order valence-corrected chi connectivity index (χ4v) is 2.22. The second kappa shape index (κ2) is 10.8. The molecule has 3 heteroatoms. The van der Waals surface area contributed by atoms with Gasteiger partial charge >= 0.3 is 0 Å². The van der Waals surface area contributed by atoms with Crippen molar-refractivity contribution in [3.63, 3.8) is 0 Å². The number of hydrogen-bond acceptors (Lipinski definition) is 3. The summed E-state index contributed by atoms with van der Waals surface area (Å²) < 4.78 is 17.4. The van der Waals surface area contributed by atoms with Crippen LogP contribution in [-0.4, -0.2) is 33.0 Å². The molecule has 0 N–H and O–H groups in total. The third-order valence-corrected chi connectivity index (χ3v) is 3.93. The van der Waals surface area contributed by atoms with E-state index in [0.29, 0.717) is 33.0 Å². The lowest BCUT2D eigenvalue weighted by Crippen LogP contribution is -2.38. The zero-order valence-electron chi connectivity index (χ0n) is 15.1. The highest BCUT2D eigenvalue weighted by atomic mass is 16.5. The predicted molar refractivity (Wildman–Crippen MR) is 101 cm³/mol. The zero-order valence-corrected chi connectivity index (χ0v) is 15.1. The van der Waals surface area contributed by atoms with E-state index in [0.717, 1.165) is 23.3 Å². The molecule has 0 unspecified atom stereocenters. The Balaban J connectivity index is 2.71. The minimum atomic E-state index is -0.195. The fraction of sp³-hybridized carbons (Fsp3) is 0.429. The Kier molecular flexibility index (Phi) is 9.13. The van der Waals surface area contributed by atoms with Crippen LogP contribution in [0.1, 0.15) is 25.8 Å². The highest BCUT2D eigenvalue weighted by Crippen LogP contribution is 2.26. The molecule has 0 heterocycles. The normalized spacial score (nSPS) is 11.1. The Hall–Kier alpha value is -1.84. The molecule has 0 fully saturated rings. The minimum absolute atomic E-state index is 0.195. The van der Waals surface area contributed by atoms with Crippen LogP contribution in [0.2, 0.25) is 0 Å². The summed E-state index contributed by atoms with van der Waals surface area (Å²) in [5.74, 6) is 0.838. The van der Waals surface area contributed by atoms with Crippen molar-refractivity contribution < 1.29 is 14.2 Å². The SMILES string of the molecule is C=CCOCC(CC)(COCC=C)COc1ccc(C(=C)C)cc1. The summed E-state index contributed by atoms with van der Waals surface area (Å²) in [6, 6.07) is 7.99. The lowest BCUT2D eigenvalue weighted by Gasteiger charge is -2.32. The van der Waals surface area contributed by atoms with Gasteiger partial charge in [-0.1, -0.05) is 43.4 Å². The number of benzene rings is 1. The van der Waals surface area contributed by atoms with Gasteiger partial charge in [-0.25, -0.2) is 0 Å². The van der Waals surface area contributed by atoms with Crippen LogP contribution >= 0.6 is 0 Å². The van der Waals surface area contributed by atoms with Crippen molar-refractivity contribution in [1.82, 2.24) is 0 Å². The van der Waals surface area contributed by atoms with Gasteiger partial charge in [0.05, 0.1) is 38.4 Å². The molecule has 1 aromatic carbocycles. The lowest BCUT2D eigenvalue weighted by atomic mass is 9.88. The highest BCUT2D eigenvalue weighted by molar-refractivity contribution is 5.61. The fourth-order valence-electron chi connectivity index (χ4n) is 2.22. The minimum Gasteiger partial charge on any atom is -0.493 e. The maximum atomic E-state index is 6.02. The average molecular weight is 330 g/mol. The molecule has 0 aromatic heterocycles. The molecule has 0 aliphatic carbocycles. The smallest absolute Gasteiger partial charge is 0.119 e. The van der Waals surface area contributed by atoms with Gasteiger partial charge in [0.25, 0.3) is 0 Å². The average Bonchev–Trinajstić information content (AvgIpc) is 2.60. The predicted octanol–water partition coefficient (Wildman–Crippen LogP) is 4.90. The van der Waals surface area contributed by atoms with Gasteiger partial charge in [-0.3, -0.25) is 0 Å². The topological polar surface area (TPSA) is 27.7 Å². The van der Waals surface area contributed by atoms with Crippen molar-refractivity contribution in [2.24, 2.45) is 5.41 Å². The van der Waals surface area contributed by atoms with E-state index >= 15 is 0 Å². The highest BCUT2D eigenvalue weighted by Gasteiger charge is 2.30. The largest absolute Gasteiger partial charge is 0.493 e. The number of allylic oxidation sites excluding steroid dienone is 1. The van der Waals surface area contributed by atoms with Gasteiger partial charge < -0.3 is 14.2 Å². The molecule has 0 bridgehead atoms. The van der Waals surface area contributed by atoms with Crippen LogP contribution in [0.3, 0.4) is 0 Å². The second-order valence-electron chi connectivity index (χ2n) is 6.05. The number of rotatable bonds is 13. The molecule has 0 atom stereocenters. The van der Waals surface area contributed by atoms with Gasteiger partial charge in [0.15, 0.2) is 0 Å². The number of hydrogen-bond donors (Lipinski definition) is 0. The van der Waals surface area contributed by atoms with Crippen molar-refractivity contribution in [2.75, 3.05) is 33.0 Å². The first-order valence-corrected chi connectivity index (χ1v) is 8.33. The van der Waals surface area contributed by atoms with Crippen molar-refractivity contribution in [1.29, 1.82) is 0 Å². The Labute approximate surface area is 146 Å². The van der Waals surface area contributed by atoms with Gasteiger partial charge in [0, 0.05) is 0 Å². The van der Waals surface area contributed by atoms with Crippen LogP contribution in [0.4, 0.5) is 0 Å². The molecule has 132 valence electrons. The van der Waals surface area contributed by atoms with Crippen LogP contribution in [0.25, 0.3) is 5.57 Å². The summed E-state index contributed by atoms with van der Waals surface area (Å²) in [6.07, 6.45) is 4.40. The van der Waals surface area contributed by atoms with Gasteiger partial charge in [-0.15, -0.1) is 13.2 Å². The monoisotopic (exact) mass is 330 g/mol. The van der Waals surface area contributed by atoms with Crippen LogP contribution in [0, 0.1) is 5.41 Å². The van der Waals surface area contributed by atoms with Crippen LogP contribution in [0.15, 0.2) is 56.2 Å². The molecule has 3 nitrogen and oxygen atoms in total. The molecule has 1 rings (SSSR count). The molecule has 0 aliphatic rings. The van der Waals surface area contributed by atoms with E-state index in [-0.39, 0.29) is 5.41 Å². The first-order valence-electron chi connectivity index (χ1n) is 8.33. The molecule has 0 amide bonds. The second-order valence-corrected chi connectivity index (χ2v) is 6.05. The quantitative estimate of drug-likeness (QED) is 0.380. The molecule has 0 saturated heterocycles. The van der Waals surface area contributed by atoms with E-state index in [1.165, 1.54) is 0 Å². The van der Waals surface area contributed by atoms with E-state index in [4.69, 9.17) is 14.2 Å². The van der Waals surface area contributed by atoms with Gasteiger partial charge in [-0.2, -0.15) is 0 Å². The molecule has 0 saturated carbocycles. The van der Waals surface area contributed by atoms with Crippen LogP contribution in [-0.2, 0) is 9.47 Å². The standard InChI is InChI=1S/C21H30O3/c1-6-13-22-15-21(8-3,16-23-14-7-2)17-24-20-11-9-19(10-12-20)18(4)5/h6-7,9-12H,1-2,4,8,13-17H2,3,5H3. The van der Waals surface area contributed by atoms with Crippen molar-refractivity contribution in [3.05, 3.63) is 61.7 Å². The summed E-state index contributed by atoms with van der Waals surface area (Å²) in [5.41, 5.74) is 1.96. The summed E-state index contributed by atoms with van der Waals surface area (Å²) in [5, 5.41) is 0.